The average molecular weight is 680 g/mol. The minimum atomic E-state index is -0.497. The third-order valence-electron chi connectivity index (χ3n) is 7.68. The lowest BCUT2D eigenvalue weighted by atomic mass is 9.68. The number of ketones is 1. The van der Waals surface area contributed by atoms with Crippen LogP contribution < -0.4 is 10.6 Å². The van der Waals surface area contributed by atoms with Crippen molar-refractivity contribution in [2.75, 3.05) is 4.90 Å². The van der Waals surface area contributed by atoms with Crippen molar-refractivity contribution in [2.24, 2.45) is 11.1 Å². The predicted octanol–water partition coefficient (Wildman–Crippen LogP) is 8.79. The number of carbonyl (C=O) groups excluding carboxylic acids is 1. The molecule has 0 saturated carbocycles. The second-order valence-electron chi connectivity index (χ2n) is 11.3. The zero-order chi connectivity index (χ0) is 28.8. The highest BCUT2D eigenvalue weighted by molar-refractivity contribution is 14.1. The minimum Gasteiger partial charge on any atom is -0.384 e. The van der Waals surface area contributed by atoms with E-state index in [1.165, 1.54) is 5.56 Å². The smallest absolute Gasteiger partial charge is 0.162 e. The van der Waals surface area contributed by atoms with Gasteiger partial charge >= 0.3 is 0 Å². The number of Topliss-reactive ketones (excluding diaryl/α,β-unsaturated/α-hetero) is 1. The van der Waals surface area contributed by atoms with E-state index in [-0.39, 0.29) is 11.2 Å². The van der Waals surface area contributed by atoms with Gasteiger partial charge in [0.2, 0.25) is 0 Å². The summed E-state index contributed by atoms with van der Waals surface area (Å²) in [6, 6.07) is 22.6. The number of allylic oxidation sites excluding steroid dienone is 3. The number of hydrogen-bond donors (Lipinski definition) is 1. The van der Waals surface area contributed by atoms with E-state index in [9.17, 15) is 10.1 Å². The Morgan fingerprint density at radius 2 is 1.77 bits per heavy atom. The molecule has 0 aromatic heterocycles. The molecule has 1 heterocycles. The van der Waals surface area contributed by atoms with Gasteiger partial charge in [-0.1, -0.05) is 43.1 Å². The van der Waals surface area contributed by atoms with E-state index < -0.39 is 5.92 Å². The van der Waals surface area contributed by atoms with Gasteiger partial charge < -0.3 is 5.73 Å². The van der Waals surface area contributed by atoms with E-state index in [4.69, 9.17) is 17.3 Å². The van der Waals surface area contributed by atoms with Crippen LogP contribution in [0.3, 0.4) is 0 Å². The van der Waals surface area contributed by atoms with Crippen LogP contribution in [0.2, 0.25) is 5.02 Å². The lowest BCUT2D eigenvalue weighted by molar-refractivity contribution is -0.118. The van der Waals surface area contributed by atoms with E-state index in [2.05, 4.69) is 68.5 Å². The maximum Gasteiger partial charge on any atom is 0.162 e. The molecule has 0 radical (unpaired) electrons. The number of hydrogen-bond acceptors (Lipinski definition) is 5. The SMILES string of the molecule is Cc1cc(CSc2ccc(Cl)cc2)c(C)c(C2C(C#N)=C(N)N(c3ccc(I)cc3)C3=C2C(=O)CC(C)(C)C3)c1. The molecule has 1 aliphatic carbocycles. The van der Waals surface area contributed by atoms with Crippen LogP contribution in [0.15, 0.2) is 88.2 Å². The molecule has 4 nitrogen and oxygen atoms in total. The van der Waals surface area contributed by atoms with E-state index >= 15 is 0 Å². The number of aryl methyl sites for hydroxylation is 1. The van der Waals surface area contributed by atoms with Crippen LogP contribution in [0.1, 0.15) is 54.9 Å². The van der Waals surface area contributed by atoms with Crippen LogP contribution in [0.5, 0.6) is 0 Å². The van der Waals surface area contributed by atoms with Gasteiger partial charge in [-0.05, 0) is 113 Å². The fourth-order valence-electron chi connectivity index (χ4n) is 5.81. The van der Waals surface area contributed by atoms with Crippen molar-refractivity contribution in [3.8, 4) is 6.07 Å². The summed E-state index contributed by atoms with van der Waals surface area (Å²) < 4.78 is 1.10. The quantitative estimate of drug-likeness (QED) is 0.216. The highest BCUT2D eigenvalue weighted by atomic mass is 127. The maximum atomic E-state index is 14.0. The molecule has 1 aliphatic heterocycles. The molecule has 3 aromatic rings. The van der Waals surface area contributed by atoms with Crippen LogP contribution in [-0.4, -0.2) is 5.78 Å². The molecule has 2 aliphatic rings. The van der Waals surface area contributed by atoms with E-state index in [0.29, 0.717) is 34.8 Å². The molecule has 0 fully saturated rings. The highest BCUT2D eigenvalue weighted by Crippen LogP contribution is 2.51. The standard InChI is InChI=1S/C33H31ClIN3OS/c1-19-13-21(18-40-25-11-5-22(34)6-12-25)20(2)26(14-19)30-27(17-36)32(37)38(24-9-7-23(35)8-10-24)28-15-33(3,4)16-29(39)31(28)30/h5-14,30H,15-16,18,37H2,1-4H3. The van der Waals surface area contributed by atoms with Crippen LogP contribution in [0.4, 0.5) is 5.69 Å². The largest absolute Gasteiger partial charge is 0.384 e. The van der Waals surface area contributed by atoms with Crippen molar-refractivity contribution in [3.63, 3.8) is 0 Å². The first-order valence-electron chi connectivity index (χ1n) is 13.2. The van der Waals surface area contributed by atoms with Crippen LogP contribution >= 0.6 is 46.0 Å². The number of anilines is 1. The number of nitrogens with zero attached hydrogens (tertiary/aromatic N) is 2. The molecule has 0 spiro atoms. The molecule has 204 valence electrons. The molecule has 3 aromatic carbocycles. The Kier molecular flexibility index (Phi) is 8.11. The Labute approximate surface area is 259 Å². The van der Waals surface area contributed by atoms with Crippen molar-refractivity contribution in [2.45, 2.75) is 57.1 Å². The molecule has 0 saturated heterocycles. The van der Waals surface area contributed by atoms with Gasteiger partial charge in [0.15, 0.2) is 5.78 Å². The number of benzene rings is 3. The molecular formula is C33H31ClIN3OS. The molecule has 2 N–H and O–H groups in total. The molecule has 1 unspecified atom stereocenters. The third-order valence-corrected chi connectivity index (χ3v) is 9.72. The van der Waals surface area contributed by atoms with Gasteiger partial charge in [0, 0.05) is 42.6 Å². The van der Waals surface area contributed by atoms with E-state index in [0.717, 1.165) is 42.3 Å². The van der Waals surface area contributed by atoms with Crippen LogP contribution in [0, 0.1) is 34.2 Å². The summed E-state index contributed by atoms with van der Waals surface area (Å²) in [5.74, 6) is 0.751. The Hall–Kier alpha value is -2.73. The lowest BCUT2D eigenvalue weighted by Crippen LogP contribution is -2.42. The first kappa shape index (κ1) is 28.8. The van der Waals surface area contributed by atoms with Gasteiger partial charge in [-0.25, -0.2) is 0 Å². The summed E-state index contributed by atoms with van der Waals surface area (Å²) in [6.45, 7) is 8.42. The fraction of sp³-hybridized carbons (Fsp3) is 0.273. The number of nitriles is 1. The zero-order valence-corrected chi connectivity index (χ0v) is 26.7. The second kappa shape index (κ2) is 11.3. The number of thioether (sulfide) groups is 1. The molecule has 5 rings (SSSR count). The van der Waals surface area contributed by atoms with Crippen LogP contribution in [0.25, 0.3) is 0 Å². The van der Waals surface area contributed by atoms with Gasteiger partial charge in [0.25, 0.3) is 0 Å². The Morgan fingerprint density at radius 3 is 2.42 bits per heavy atom. The average Bonchev–Trinajstić information content (AvgIpc) is 2.89. The summed E-state index contributed by atoms with van der Waals surface area (Å²) in [5, 5.41) is 11.2. The molecule has 1 atom stereocenters. The number of nitrogens with two attached hydrogens (primary N) is 1. The highest BCUT2D eigenvalue weighted by Gasteiger charge is 2.45. The van der Waals surface area contributed by atoms with Gasteiger partial charge in [0.1, 0.15) is 5.82 Å². The summed E-state index contributed by atoms with van der Waals surface area (Å²) in [4.78, 5) is 17.1. The molecular weight excluding hydrogens is 649 g/mol. The number of rotatable bonds is 5. The minimum absolute atomic E-state index is 0.0880. The first-order valence-corrected chi connectivity index (χ1v) is 15.6. The number of halogens is 2. The molecule has 40 heavy (non-hydrogen) atoms. The Morgan fingerprint density at radius 1 is 1.10 bits per heavy atom. The van der Waals surface area contributed by atoms with Crippen molar-refractivity contribution in [3.05, 3.63) is 114 Å². The summed E-state index contributed by atoms with van der Waals surface area (Å²) in [7, 11) is 0. The number of carbonyl (C=O) groups is 1. The summed E-state index contributed by atoms with van der Waals surface area (Å²) in [6.07, 6.45) is 1.13. The Balaban J connectivity index is 1.66. The van der Waals surface area contributed by atoms with Gasteiger partial charge in [-0.3, -0.25) is 9.69 Å². The topological polar surface area (TPSA) is 70.1 Å². The van der Waals surface area contributed by atoms with Gasteiger partial charge in [-0.15, -0.1) is 11.8 Å². The monoisotopic (exact) mass is 679 g/mol. The van der Waals surface area contributed by atoms with E-state index in [1.807, 2.05) is 53.4 Å². The second-order valence-corrected chi connectivity index (χ2v) is 14.1. The van der Waals surface area contributed by atoms with Crippen molar-refractivity contribution in [1.29, 1.82) is 5.26 Å². The third kappa shape index (κ3) is 5.57. The maximum absolute atomic E-state index is 14.0. The van der Waals surface area contributed by atoms with Gasteiger partial charge in [0.05, 0.1) is 17.6 Å². The zero-order valence-electron chi connectivity index (χ0n) is 23.0. The Bertz CT molecular complexity index is 1600. The predicted molar refractivity (Wildman–Crippen MR) is 173 cm³/mol. The van der Waals surface area contributed by atoms with Crippen LogP contribution in [-0.2, 0) is 10.5 Å². The fourth-order valence-corrected chi connectivity index (χ4v) is 7.25. The lowest BCUT2D eigenvalue weighted by Gasteiger charge is -2.44. The summed E-state index contributed by atoms with van der Waals surface area (Å²) >= 11 is 10.1. The van der Waals surface area contributed by atoms with Gasteiger partial charge in [-0.2, -0.15) is 5.26 Å². The first-order chi connectivity index (χ1) is 19.0. The molecule has 0 amide bonds. The van der Waals surface area contributed by atoms with Crippen molar-refractivity contribution < 1.29 is 4.79 Å². The van der Waals surface area contributed by atoms with E-state index in [1.54, 1.807) is 11.8 Å². The van der Waals surface area contributed by atoms with Crippen molar-refractivity contribution in [1.82, 2.24) is 0 Å². The molecule has 7 heteroatoms. The van der Waals surface area contributed by atoms with Crippen molar-refractivity contribution >= 4 is 57.4 Å². The normalized spacial score (nSPS) is 18.6. The molecule has 0 bridgehead atoms. The summed E-state index contributed by atoms with van der Waals surface area (Å²) in [5.41, 5.74) is 13.9.